The summed E-state index contributed by atoms with van der Waals surface area (Å²) in [5, 5.41) is 19.0. The third kappa shape index (κ3) is 1.99. The number of aromatic nitrogens is 1. The van der Waals surface area contributed by atoms with Crippen LogP contribution < -0.4 is 4.90 Å². The number of amidine groups is 1. The van der Waals surface area contributed by atoms with Crippen LogP contribution in [0.3, 0.4) is 0 Å². The fourth-order valence-corrected chi connectivity index (χ4v) is 1.73. The predicted molar refractivity (Wildman–Crippen MR) is 63.7 cm³/mol. The van der Waals surface area contributed by atoms with E-state index in [2.05, 4.69) is 4.98 Å². The summed E-state index contributed by atoms with van der Waals surface area (Å²) in [5.74, 6) is -0.251. The van der Waals surface area contributed by atoms with Crippen LogP contribution in [0, 0.1) is 21.4 Å². The van der Waals surface area contributed by atoms with Gasteiger partial charge in [0.15, 0.2) is 5.69 Å². The zero-order valence-corrected chi connectivity index (χ0v) is 9.68. The summed E-state index contributed by atoms with van der Waals surface area (Å²) in [4.78, 5) is 15.5. The van der Waals surface area contributed by atoms with Crippen molar-refractivity contribution in [2.24, 2.45) is 5.92 Å². The number of nitrogens with zero attached hydrogens (tertiary/aromatic N) is 3. The van der Waals surface area contributed by atoms with Crippen LogP contribution in [-0.2, 0) is 0 Å². The van der Waals surface area contributed by atoms with Gasteiger partial charge < -0.3 is 10.1 Å². The average Bonchev–Trinajstić information content (AvgIpc) is 2.57. The smallest absolute Gasteiger partial charge is 0.326 e. The lowest BCUT2D eigenvalue weighted by atomic mass is 10.2. The summed E-state index contributed by atoms with van der Waals surface area (Å²) in [6.07, 6.45) is 2.85. The van der Waals surface area contributed by atoms with Crippen LogP contribution in [0.5, 0.6) is 0 Å². The molecule has 6 nitrogen and oxygen atoms in total. The molecule has 0 radical (unpaired) electrons. The second-order valence-electron chi connectivity index (χ2n) is 3.63. The molecular formula is C10H9ClN4O2. The monoisotopic (exact) mass is 252 g/mol. The first kappa shape index (κ1) is 11.5. The van der Waals surface area contributed by atoms with Crippen molar-refractivity contribution in [1.29, 1.82) is 5.41 Å². The summed E-state index contributed by atoms with van der Waals surface area (Å²) >= 11 is 5.65. The lowest BCUT2D eigenvalue weighted by Gasteiger charge is -2.13. The number of pyridine rings is 1. The fraction of sp³-hybridized carbons (Fsp3) is 0.200. The Morgan fingerprint density at radius 2 is 2.29 bits per heavy atom. The van der Waals surface area contributed by atoms with Crippen LogP contribution in [-0.4, -0.2) is 15.7 Å². The van der Waals surface area contributed by atoms with Gasteiger partial charge in [0, 0.05) is 6.08 Å². The van der Waals surface area contributed by atoms with Crippen LogP contribution >= 0.6 is 11.6 Å². The molecule has 7 heteroatoms. The molecule has 0 saturated carbocycles. The molecule has 0 aromatic carbocycles. The maximum atomic E-state index is 10.9. The van der Waals surface area contributed by atoms with E-state index in [1.54, 1.807) is 13.0 Å². The number of hydrogen-bond donors (Lipinski definition) is 1. The van der Waals surface area contributed by atoms with Crippen molar-refractivity contribution in [2.45, 2.75) is 6.92 Å². The summed E-state index contributed by atoms with van der Waals surface area (Å²) in [6, 6.07) is 3.13. The van der Waals surface area contributed by atoms with Crippen molar-refractivity contribution in [3.05, 3.63) is 45.5 Å². The van der Waals surface area contributed by atoms with Crippen molar-refractivity contribution < 1.29 is 4.92 Å². The Morgan fingerprint density at radius 1 is 1.59 bits per heavy atom. The first-order chi connectivity index (χ1) is 8.00. The Bertz CT molecular complexity index is 512. The predicted octanol–water partition coefficient (Wildman–Crippen LogP) is 2.29. The molecular weight excluding hydrogens is 244 g/mol. The highest BCUT2D eigenvalue weighted by molar-refractivity contribution is 6.29. The van der Waals surface area contributed by atoms with E-state index in [0.29, 0.717) is 10.8 Å². The second kappa shape index (κ2) is 4.14. The number of rotatable bonds is 2. The molecule has 0 aliphatic carbocycles. The van der Waals surface area contributed by atoms with E-state index in [1.165, 1.54) is 23.2 Å². The molecule has 88 valence electrons. The molecule has 1 atom stereocenters. The van der Waals surface area contributed by atoms with E-state index in [0.717, 1.165) is 0 Å². The Morgan fingerprint density at radius 3 is 2.82 bits per heavy atom. The van der Waals surface area contributed by atoms with Gasteiger partial charge in [-0.2, -0.15) is 4.90 Å². The van der Waals surface area contributed by atoms with Crippen molar-refractivity contribution in [3.63, 3.8) is 0 Å². The van der Waals surface area contributed by atoms with E-state index in [-0.39, 0.29) is 17.6 Å². The van der Waals surface area contributed by atoms with Crippen molar-refractivity contribution >= 4 is 23.1 Å². The normalized spacial score (nSPS) is 19.4. The van der Waals surface area contributed by atoms with Gasteiger partial charge in [0.1, 0.15) is 5.15 Å². The molecule has 0 spiro atoms. The third-order valence-corrected chi connectivity index (χ3v) is 2.68. The molecule has 2 rings (SSSR count). The Labute approximate surface area is 102 Å². The van der Waals surface area contributed by atoms with Gasteiger partial charge in [0.2, 0.25) is 5.84 Å². The quantitative estimate of drug-likeness (QED) is 0.497. The van der Waals surface area contributed by atoms with Gasteiger partial charge in [0.25, 0.3) is 0 Å². The number of anilines is 1. The molecule has 1 aliphatic rings. The summed E-state index contributed by atoms with van der Waals surface area (Å²) < 4.78 is 0. The lowest BCUT2D eigenvalue weighted by Crippen LogP contribution is -2.29. The van der Waals surface area contributed by atoms with E-state index in [9.17, 15) is 10.1 Å². The molecule has 0 fully saturated rings. The van der Waals surface area contributed by atoms with Crippen molar-refractivity contribution in [2.75, 3.05) is 4.90 Å². The van der Waals surface area contributed by atoms with E-state index in [1.807, 2.05) is 0 Å². The molecule has 1 aliphatic heterocycles. The second-order valence-corrected chi connectivity index (χ2v) is 4.02. The van der Waals surface area contributed by atoms with Crippen molar-refractivity contribution in [1.82, 2.24) is 4.98 Å². The van der Waals surface area contributed by atoms with E-state index in [4.69, 9.17) is 17.0 Å². The first-order valence-electron chi connectivity index (χ1n) is 4.87. The van der Waals surface area contributed by atoms with E-state index >= 15 is 0 Å². The van der Waals surface area contributed by atoms with Crippen LogP contribution in [0.4, 0.5) is 5.69 Å². The summed E-state index contributed by atoms with van der Waals surface area (Å²) in [7, 11) is 0. The SMILES string of the molecule is CC1C=C([N+](=O)[O-])N(c2ccc(Cl)nc2)C1=N. The minimum absolute atomic E-state index is 0.119. The lowest BCUT2D eigenvalue weighted by molar-refractivity contribution is -0.425. The summed E-state index contributed by atoms with van der Waals surface area (Å²) in [5.41, 5.74) is 0.465. The molecule has 0 amide bonds. The van der Waals surface area contributed by atoms with Gasteiger partial charge in [-0.1, -0.05) is 11.6 Å². The maximum Gasteiger partial charge on any atom is 0.326 e. The molecule has 1 unspecified atom stereocenters. The van der Waals surface area contributed by atoms with Gasteiger partial charge in [-0.3, -0.25) is 5.41 Å². The number of nitrogens with one attached hydrogen (secondary N) is 1. The molecule has 2 heterocycles. The van der Waals surface area contributed by atoms with Gasteiger partial charge in [0.05, 0.1) is 12.1 Å². The Balaban J connectivity index is 2.43. The first-order valence-corrected chi connectivity index (χ1v) is 5.25. The highest BCUT2D eigenvalue weighted by Crippen LogP contribution is 2.28. The van der Waals surface area contributed by atoms with Crippen LogP contribution in [0.15, 0.2) is 30.2 Å². The molecule has 17 heavy (non-hydrogen) atoms. The zero-order valence-electron chi connectivity index (χ0n) is 8.92. The maximum absolute atomic E-state index is 10.9. The fourth-order valence-electron chi connectivity index (χ4n) is 1.62. The number of halogens is 1. The third-order valence-electron chi connectivity index (χ3n) is 2.46. The Kier molecular flexibility index (Phi) is 2.81. The van der Waals surface area contributed by atoms with E-state index < -0.39 is 4.92 Å². The zero-order chi connectivity index (χ0) is 12.6. The summed E-state index contributed by atoms with van der Waals surface area (Å²) in [6.45, 7) is 1.73. The highest BCUT2D eigenvalue weighted by Gasteiger charge is 2.38. The largest absolute Gasteiger partial charge is 0.358 e. The minimum Gasteiger partial charge on any atom is -0.358 e. The number of nitro groups is 1. The standard InChI is InChI=1S/C10H9ClN4O2/c1-6-4-9(15(16)17)14(10(6)12)7-2-3-8(11)13-5-7/h2-6,12H,1H3. The minimum atomic E-state index is -0.507. The van der Waals surface area contributed by atoms with Crippen LogP contribution in [0.25, 0.3) is 0 Å². The van der Waals surface area contributed by atoms with Gasteiger partial charge in [-0.05, 0) is 24.0 Å². The van der Waals surface area contributed by atoms with Gasteiger partial charge >= 0.3 is 5.82 Å². The molecule has 1 aromatic heterocycles. The molecule has 0 bridgehead atoms. The van der Waals surface area contributed by atoms with Crippen LogP contribution in [0.2, 0.25) is 5.15 Å². The van der Waals surface area contributed by atoms with Gasteiger partial charge in [-0.25, -0.2) is 4.98 Å². The highest BCUT2D eigenvalue weighted by atomic mass is 35.5. The topological polar surface area (TPSA) is 83.1 Å². The Hall–Kier alpha value is -1.95. The number of hydrogen-bond acceptors (Lipinski definition) is 4. The molecule has 1 N–H and O–H groups in total. The van der Waals surface area contributed by atoms with Crippen molar-refractivity contribution in [3.8, 4) is 0 Å². The molecule has 1 aromatic rings. The van der Waals surface area contributed by atoms with Crippen LogP contribution in [0.1, 0.15) is 6.92 Å². The molecule has 0 saturated heterocycles. The van der Waals surface area contributed by atoms with Gasteiger partial charge in [-0.15, -0.1) is 0 Å². The average molecular weight is 253 g/mol.